The van der Waals surface area contributed by atoms with E-state index < -0.39 is 0 Å². The fraction of sp³-hybridized carbons (Fsp3) is 0.533. The van der Waals surface area contributed by atoms with Crippen LogP contribution in [0.4, 0.5) is 0 Å². The molecular formula is C15H20O3. The van der Waals surface area contributed by atoms with Gasteiger partial charge in [-0.1, -0.05) is 30.3 Å². The van der Waals surface area contributed by atoms with Gasteiger partial charge in [0.25, 0.3) is 0 Å². The Bertz CT molecular complexity index is 363. The average molecular weight is 248 g/mol. The van der Waals surface area contributed by atoms with Crippen LogP contribution in [-0.2, 0) is 16.1 Å². The molecule has 1 fully saturated rings. The highest BCUT2D eigenvalue weighted by Gasteiger charge is 2.34. The van der Waals surface area contributed by atoms with Crippen LogP contribution < -0.4 is 0 Å². The van der Waals surface area contributed by atoms with E-state index in [1.807, 2.05) is 30.3 Å². The van der Waals surface area contributed by atoms with Crippen LogP contribution in [0, 0.1) is 11.8 Å². The molecule has 0 radical (unpaired) electrons. The van der Waals surface area contributed by atoms with Gasteiger partial charge < -0.3 is 14.6 Å². The molecule has 0 bridgehead atoms. The van der Waals surface area contributed by atoms with Gasteiger partial charge in [-0.25, -0.2) is 0 Å². The maximum Gasteiger partial charge on any atom is 0.120 e. The van der Waals surface area contributed by atoms with Crippen molar-refractivity contribution in [3.63, 3.8) is 0 Å². The molecule has 1 aromatic carbocycles. The molecule has 3 nitrogen and oxygen atoms in total. The molecule has 18 heavy (non-hydrogen) atoms. The third-order valence-electron chi connectivity index (χ3n) is 3.74. The lowest BCUT2D eigenvalue weighted by atomic mass is 9.93. The summed E-state index contributed by atoms with van der Waals surface area (Å²) in [5.41, 5.74) is 1.16. The maximum absolute atomic E-state index is 10.6. The molecule has 0 aromatic heterocycles. The highest BCUT2D eigenvalue weighted by molar-refractivity contribution is 5.50. The lowest BCUT2D eigenvalue weighted by Crippen LogP contribution is -2.22. The highest BCUT2D eigenvalue weighted by Crippen LogP contribution is 2.34. The monoisotopic (exact) mass is 248 g/mol. The fourth-order valence-corrected chi connectivity index (χ4v) is 2.70. The first-order valence-electron chi connectivity index (χ1n) is 6.54. The number of aldehydes is 1. The molecule has 1 saturated carbocycles. The number of aliphatic hydroxyl groups excluding tert-OH is 1. The van der Waals surface area contributed by atoms with Crippen molar-refractivity contribution in [3.8, 4) is 0 Å². The Hall–Kier alpha value is -1.19. The Labute approximate surface area is 108 Å². The Balaban J connectivity index is 1.77. The summed E-state index contributed by atoms with van der Waals surface area (Å²) in [6.45, 7) is 1.23. The van der Waals surface area contributed by atoms with Gasteiger partial charge in [0.05, 0.1) is 19.3 Å². The van der Waals surface area contributed by atoms with E-state index in [-0.39, 0.29) is 12.0 Å². The Kier molecular flexibility index (Phi) is 4.90. The van der Waals surface area contributed by atoms with Crippen molar-refractivity contribution in [2.75, 3.05) is 6.61 Å². The van der Waals surface area contributed by atoms with E-state index in [2.05, 4.69) is 0 Å². The minimum absolute atomic E-state index is 0.0817. The van der Waals surface area contributed by atoms with Gasteiger partial charge in [-0.05, 0) is 30.2 Å². The quantitative estimate of drug-likeness (QED) is 0.785. The first-order chi connectivity index (χ1) is 8.81. The molecule has 1 aliphatic rings. The zero-order valence-electron chi connectivity index (χ0n) is 10.5. The van der Waals surface area contributed by atoms with Crippen LogP contribution in [0.3, 0.4) is 0 Å². The lowest BCUT2D eigenvalue weighted by Gasteiger charge is -2.19. The first kappa shape index (κ1) is 13.2. The van der Waals surface area contributed by atoms with Gasteiger partial charge in [0.1, 0.15) is 6.29 Å². The normalized spacial score (nSPS) is 27.3. The van der Waals surface area contributed by atoms with Gasteiger partial charge >= 0.3 is 0 Å². The molecule has 2 rings (SSSR count). The molecule has 0 aliphatic heterocycles. The second-order valence-corrected chi connectivity index (χ2v) is 4.97. The van der Waals surface area contributed by atoms with E-state index >= 15 is 0 Å². The zero-order valence-corrected chi connectivity index (χ0v) is 10.5. The lowest BCUT2D eigenvalue weighted by molar-refractivity contribution is -0.109. The molecule has 3 atom stereocenters. The van der Waals surface area contributed by atoms with Gasteiger partial charge in [0, 0.05) is 6.42 Å². The summed E-state index contributed by atoms with van der Waals surface area (Å²) in [5.74, 6) is 0.396. The summed E-state index contributed by atoms with van der Waals surface area (Å²) < 4.78 is 5.70. The van der Waals surface area contributed by atoms with Gasteiger partial charge in [-0.3, -0.25) is 0 Å². The molecule has 0 spiro atoms. The smallest absolute Gasteiger partial charge is 0.120 e. The molecule has 1 N–H and O–H groups in total. The van der Waals surface area contributed by atoms with E-state index in [4.69, 9.17) is 4.74 Å². The van der Waals surface area contributed by atoms with Crippen molar-refractivity contribution >= 4 is 6.29 Å². The summed E-state index contributed by atoms with van der Waals surface area (Å²) in [6.07, 6.45) is 2.76. The molecular weight excluding hydrogens is 228 g/mol. The Morgan fingerprint density at radius 2 is 2.06 bits per heavy atom. The molecule has 3 unspecified atom stereocenters. The first-order valence-corrected chi connectivity index (χ1v) is 6.54. The van der Waals surface area contributed by atoms with Crippen molar-refractivity contribution in [3.05, 3.63) is 35.9 Å². The number of carbonyl (C=O) groups excluding carboxylic acids is 1. The van der Waals surface area contributed by atoms with E-state index in [1.54, 1.807) is 0 Å². The van der Waals surface area contributed by atoms with Crippen LogP contribution in [-0.4, -0.2) is 24.1 Å². The highest BCUT2D eigenvalue weighted by atomic mass is 16.5. The second-order valence-electron chi connectivity index (χ2n) is 4.97. The van der Waals surface area contributed by atoms with Gasteiger partial charge in [-0.2, -0.15) is 0 Å². The number of aliphatic hydroxyl groups is 1. The van der Waals surface area contributed by atoms with Gasteiger partial charge in [0.15, 0.2) is 0 Å². The van der Waals surface area contributed by atoms with E-state index in [1.165, 1.54) is 0 Å². The van der Waals surface area contributed by atoms with Crippen LogP contribution >= 0.6 is 0 Å². The SMILES string of the molecule is O=CCC1C(O)CCC1COCc1ccccc1. The van der Waals surface area contributed by atoms with Crippen LogP contribution in [0.5, 0.6) is 0 Å². The third-order valence-corrected chi connectivity index (χ3v) is 3.74. The zero-order chi connectivity index (χ0) is 12.8. The number of hydrogen-bond donors (Lipinski definition) is 1. The molecule has 1 aromatic rings. The number of benzene rings is 1. The third kappa shape index (κ3) is 3.40. The number of rotatable bonds is 6. The van der Waals surface area contributed by atoms with E-state index in [9.17, 15) is 9.90 Å². The molecule has 0 saturated heterocycles. The van der Waals surface area contributed by atoms with Crippen LogP contribution in [0.25, 0.3) is 0 Å². The standard InChI is InChI=1S/C15H20O3/c16-9-8-14-13(6-7-15(14)17)11-18-10-12-4-2-1-3-5-12/h1-5,9,13-15,17H,6-8,10-11H2. The summed E-state index contributed by atoms with van der Waals surface area (Å²) in [5, 5.41) is 9.79. The predicted molar refractivity (Wildman–Crippen MR) is 69.0 cm³/mol. The minimum atomic E-state index is -0.333. The van der Waals surface area contributed by atoms with Crippen molar-refractivity contribution in [2.45, 2.75) is 32.0 Å². The maximum atomic E-state index is 10.6. The number of carbonyl (C=O) groups is 1. The fourth-order valence-electron chi connectivity index (χ4n) is 2.70. The molecule has 0 amide bonds. The minimum Gasteiger partial charge on any atom is -0.393 e. The van der Waals surface area contributed by atoms with Gasteiger partial charge in [0.2, 0.25) is 0 Å². The van der Waals surface area contributed by atoms with Crippen LogP contribution in [0.2, 0.25) is 0 Å². The molecule has 1 aliphatic carbocycles. The average Bonchev–Trinajstić information content (AvgIpc) is 2.73. The summed E-state index contributed by atoms with van der Waals surface area (Å²) >= 11 is 0. The van der Waals surface area contributed by atoms with Crippen molar-refractivity contribution in [1.29, 1.82) is 0 Å². The topological polar surface area (TPSA) is 46.5 Å². The largest absolute Gasteiger partial charge is 0.393 e. The number of ether oxygens (including phenoxy) is 1. The molecule has 98 valence electrons. The Morgan fingerprint density at radius 3 is 2.78 bits per heavy atom. The summed E-state index contributed by atoms with van der Waals surface area (Å²) in [4.78, 5) is 10.6. The molecule has 3 heteroatoms. The molecule has 0 heterocycles. The Morgan fingerprint density at radius 1 is 1.28 bits per heavy atom. The second kappa shape index (κ2) is 6.66. The van der Waals surface area contributed by atoms with Crippen molar-refractivity contribution in [1.82, 2.24) is 0 Å². The van der Waals surface area contributed by atoms with E-state index in [0.717, 1.165) is 24.7 Å². The van der Waals surface area contributed by atoms with E-state index in [0.29, 0.717) is 25.6 Å². The van der Waals surface area contributed by atoms with Crippen molar-refractivity contribution < 1.29 is 14.6 Å². The number of hydrogen-bond acceptors (Lipinski definition) is 3. The summed E-state index contributed by atoms with van der Waals surface area (Å²) in [7, 11) is 0. The summed E-state index contributed by atoms with van der Waals surface area (Å²) in [6, 6.07) is 10.0. The van der Waals surface area contributed by atoms with Crippen LogP contribution in [0.1, 0.15) is 24.8 Å². The van der Waals surface area contributed by atoms with Crippen LogP contribution in [0.15, 0.2) is 30.3 Å². The van der Waals surface area contributed by atoms with Crippen molar-refractivity contribution in [2.24, 2.45) is 11.8 Å². The predicted octanol–water partition coefficient (Wildman–Crippen LogP) is 2.18. The van der Waals surface area contributed by atoms with Gasteiger partial charge in [-0.15, -0.1) is 0 Å².